The molecule has 0 radical (unpaired) electrons. The first-order valence-electron chi connectivity index (χ1n) is 15.6. The summed E-state index contributed by atoms with van der Waals surface area (Å²) in [6.07, 6.45) is 2.16. The monoisotopic (exact) mass is 686 g/mol. The van der Waals surface area contributed by atoms with Crippen LogP contribution in [0.5, 0.6) is 0 Å². The smallest absolute Gasteiger partial charge is 0.358 e. The number of aromatic nitrogens is 4. The number of hydrogen-bond acceptors (Lipinski definition) is 12. The van der Waals surface area contributed by atoms with E-state index in [1.807, 2.05) is 30.0 Å². The topological polar surface area (TPSA) is 113 Å². The second kappa shape index (κ2) is 17.2. The molecule has 14 heteroatoms. The maximum Gasteiger partial charge on any atom is 0.358 e. The van der Waals surface area contributed by atoms with Gasteiger partial charge in [0, 0.05) is 53.5 Å². The second-order valence-electron chi connectivity index (χ2n) is 12.0. The van der Waals surface area contributed by atoms with Gasteiger partial charge in [0.25, 0.3) is 0 Å². The van der Waals surface area contributed by atoms with Crippen LogP contribution in [0.2, 0.25) is 25.7 Å². The number of thiazole rings is 2. The van der Waals surface area contributed by atoms with E-state index in [1.54, 1.807) is 32.5 Å². The molecule has 0 bridgehead atoms. The SMILES string of the molecule is CCOC(=O)c1nc(N(CCCOC)c2cc(C)c(N=c3sc4ccccc4n3COCC[Si](C)(C)C)nn2)sc1CCCOC. The zero-order chi connectivity index (χ0) is 33.1. The van der Waals surface area contributed by atoms with Gasteiger partial charge in [0.15, 0.2) is 27.3 Å². The summed E-state index contributed by atoms with van der Waals surface area (Å²) in [6, 6.07) is 11.3. The summed E-state index contributed by atoms with van der Waals surface area (Å²) >= 11 is 3.07. The molecule has 3 aromatic heterocycles. The number of carbonyl (C=O) groups excluding carboxylic acids is 1. The van der Waals surface area contributed by atoms with Crippen LogP contribution in [0.25, 0.3) is 10.2 Å². The van der Waals surface area contributed by atoms with Gasteiger partial charge in [-0.25, -0.2) is 9.78 Å². The van der Waals surface area contributed by atoms with Gasteiger partial charge in [-0.15, -0.1) is 21.5 Å². The summed E-state index contributed by atoms with van der Waals surface area (Å²) in [6.45, 7) is 14.0. The second-order valence-corrected chi connectivity index (χ2v) is 19.7. The first kappa shape index (κ1) is 35.8. The summed E-state index contributed by atoms with van der Waals surface area (Å²) in [5.74, 6) is 0.737. The molecule has 0 aliphatic carbocycles. The molecule has 0 amide bonds. The van der Waals surface area contributed by atoms with Crippen molar-refractivity contribution in [1.29, 1.82) is 0 Å². The quantitative estimate of drug-likeness (QED) is 0.0639. The predicted octanol–water partition coefficient (Wildman–Crippen LogP) is 6.73. The van der Waals surface area contributed by atoms with E-state index in [-0.39, 0.29) is 6.61 Å². The van der Waals surface area contributed by atoms with Gasteiger partial charge in [-0.05, 0) is 62.9 Å². The van der Waals surface area contributed by atoms with Crippen LogP contribution in [0.1, 0.15) is 40.7 Å². The Hall–Kier alpha value is -3.01. The number of hydrogen-bond donors (Lipinski definition) is 0. The number of nitrogens with zero attached hydrogens (tertiary/aromatic N) is 6. The van der Waals surface area contributed by atoms with E-state index in [0.717, 1.165) is 51.0 Å². The highest BCUT2D eigenvalue weighted by Gasteiger charge is 2.24. The molecule has 1 aromatic carbocycles. The van der Waals surface area contributed by atoms with E-state index in [1.165, 1.54) is 11.3 Å². The van der Waals surface area contributed by atoms with Crippen molar-refractivity contribution in [3.05, 3.63) is 51.3 Å². The number of fused-ring (bicyclic) bond motifs is 1. The molecule has 3 heterocycles. The average molecular weight is 687 g/mol. The third-order valence-electron chi connectivity index (χ3n) is 7.10. The highest BCUT2D eigenvalue weighted by molar-refractivity contribution is 7.16. The fraction of sp³-hybridized carbons (Fsp3) is 0.531. The molecule has 0 N–H and O–H groups in total. The molecule has 46 heavy (non-hydrogen) atoms. The van der Waals surface area contributed by atoms with Crippen molar-refractivity contribution < 1.29 is 23.7 Å². The number of benzene rings is 1. The minimum absolute atomic E-state index is 0.279. The molecule has 0 aliphatic heterocycles. The molecule has 250 valence electrons. The Labute approximate surface area is 280 Å². The minimum Gasteiger partial charge on any atom is -0.461 e. The van der Waals surface area contributed by atoms with Crippen LogP contribution in [0.15, 0.2) is 35.3 Å². The molecule has 4 rings (SSSR count). The Morgan fingerprint density at radius 1 is 1.04 bits per heavy atom. The van der Waals surface area contributed by atoms with E-state index in [2.05, 4.69) is 46.5 Å². The van der Waals surface area contributed by atoms with Gasteiger partial charge in [0.2, 0.25) is 0 Å². The van der Waals surface area contributed by atoms with Gasteiger partial charge < -0.3 is 23.8 Å². The van der Waals surface area contributed by atoms with Gasteiger partial charge >= 0.3 is 5.97 Å². The van der Waals surface area contributed by atoms with Gasteiger partial charge in [0.1, 0.15) is 6.73 Å². The van der Waals surface area contributed by atoms with Crippen molar-refractivity contribution >= 4 is 63.7 Å². The lowest BCUT2D eigenvalue weighted by atomic mass is 10.2. The van der Waals surface area contributed by atoms with Crippen LogP contribution >= 0.6 is 22.7 Å². The van der Waals surface area contributed by atoms with Crippen molar-refractivity contribution in [3.63, 3.8) is 0 Å². The van der Waals surface area contributed by atoms with E-state index >= 15 is 0 Å². The molecule has 0 saturated carbocycles. The summed E-state index contributed by atoms with van der Waals surface area (Å²) in [5, 5.41) is 9.85. The molecule has 0 atom stereocenters. The van der Waals surface area contributed by atoms with Crippen LogP contribution in [-0.2, 0) is 32.1 Å². The number of anilines is 2. The van der Waals surface area contributed by atoms with Gasteiger partial charge in [-0.2, -0.15) is 4.99 Å². The van der Waals surface area contributed by atoms with E-state index < -0.39 is 14.0 Å². The van der Waals surface area contributed by atoms with Crippen LogP contribution in [0.3, 0.4) is 0 Å². The Bertz CT molecular complexity index is 1650. The Kier molecular flexibility index (Phi) is 13.4. The number of carbonyl (C=O) groups is 1. The maximum atomic E-state index is 12.8. The number of methoxy groups -OCH3 is 2. The van der Waals surface area contributed by atoms with Crippen molar-refractivity contribution in [2.75, 3.05) is 52.1 Å². The maximum absolute atomic E-state index is 12.8. The number of para-hydroxylation sites is 1. The number of esters is 1. The van der Waals surface area contributed by atoms with Crippen molar-refractivity contribution in [2.45, 2.75) is 65.5 Å². The lowest BCUT2D eigenvalue weighted by Crippen LogP contribution is -2.23. The molecule has 0 spiro atoms. The van der Waals surface area contributed by atoms with Crippen LogP contribution < -0.4 is 9.70 Å². The Morgan fingerprint density at radius 3 is 2.52 bits per heavy atom. The first-order chi connectivity index (χ1) is 22.1. The zero-order valence-electron chi connectivity index (χ0n) is 28.0. The summed E-state index contributed by atoms with van der Waals surface area (Å²) in [4.78, 5) is 26.2. The third kappa shape index (κ3) is 9.75. The van der Waals surface area contributed by atoms with Crippen molar-refractivity contribution in [3.8, 4) is 0 Å². The third-order valence-corrected chi connectivity index (χ3v) is 11.0. The van der Waals surface area contributed by atoms with Crippen LogP contribution in [0.4, 0.5) is 16.8 Å². The number of aryl methyl sites for hydroxylation is 2. The molecular weight excluding hydrogens is 641 g/mol. The van der Waals surface area contributed by atoms with E-state index in [0.29, 0.717) is 55.4 Å². The zero-order valence-corrected chi connectivity index (χ0v) is 30.6. The number of rotatable bonds is 18. The van der Waals surface area contributed by atoms with Crippen LogP contribution in [-0.4, -0.2) is 81.0 Å². The molecule has 0 aliphatic rings. The van der Waals surface area contributed by atoms with E-state index in [9.17, 15) is 4.79 Å². The largest absolute Gasteiger partial charge is 0.461 e. The summed E-state index contributed by atoms with van der Waals surface area (Å²) in [7, 11) is 2.15. The van der Waals surface area contributed by atoms with E-state index in [4.69, 9.17) is 28.9 Å². The minimum atomic E-state index is -1.20. The normalized spacial score (nSPS) is 12.3. The lowest BCUT2D eigenvalue weighted by molar-refractivity contribution is 0.0519. The summed E-state index contributed by atoms with van der Waals surface area (Å²) < 4.78 is 25.3. The molecule has 4 aromatic rings. The Morgan fingerprint density at radius 2 is 1.80 bits per heavy atom. The molecule has 0 fully saturated rings. The molecule has 11 nitrogen and oxygen atoms in total. The molecular formula is C32H46N6O5S2Si. The Balaban J connectivity index is 1.68. The fourth-order valence-corrected chi connectivity index (χ4v) is 7.50. The van der Waals surface area contributed by atoms with Crippen molar-refractivity contribution in [2.24, 2.45) is 4.99 Å². The van der Waals surface area contributed by atoms with Crippen LogP contribution in [0, 0.1) is 6.92 Å². The highest BCUT2D eigenvalue weighted by atomic mass is 32.1. The van der Waals surface area contributed by atoms with Gasteiger partial charge in [0.05, 0.1) is 16.8 Å². The van der Waals surface area contributed by atoms with Gasteiger partial charge in [-0.1, -0.05) is 43.1 Å². The predicted molar refractivity (Wildman–Crippen MR) is 188 cm³/mol. The number of ether oxygens (including phenoxy) is 4. The molecule has 0 unspecified atom stereocenters. The lowest BCUT2D eigenvalue weighted by Gasteiger charge is -2.20. The summed E-state index contributed by atoms with van der Waals surface area (Å²) in [5.41, 5.74) is 2.29. The fourth-order valence-electron chi connectivity index (χ4n) is 4.60. The van der Waals surface area contributed by atoms with Gasteiger partial charge in [-0.3, -0.25) is 4.57 Å². The molecule has 0 saturated heterocycles. The average Bonchev–Trinajstić information content (AvgIpc) is 3.59. The standard InChI is InChI=1S/C32H46N6O5S2Si/c1-8-43-30(39)28-26(15-11-17-40-3)45-31(33-28)37(16-12-18-41-4)27-21-23(2)29(36-35-27)34-32-38(22-42-19-20-46(5,6)7)24-13-9-10-14-25(24)44-32/h9-10,13-14,21H,8,11-12,15-20,22H2,1-7H3. The first-order valence-corrected chi connectivity index (χ1v) is 21.0. The van der Waals surface area contributed by atoms with Crippen molar-refractivity contribution in [1.82, 2.24) is 19.7 Å². The highest BCUT2D eigenvalue weighted by Crippen LogP contribution is 2.33.